The van der Waals surface area contributed by atoms with Gasteiger partial charge in [-0.1, -0.05) is 129 Å². The highest BCUT2D eigenvalue weighted by atomic mass is 16.4. The predicted molar refractivity (Wildman–Crippen MR) is 160 cm³/mol. The number of aliphatic carboxylic acids is 1. The molecule has 0 spiro atoms. The van der Waals surface area contributed by atoms with Crippen LogP contribution in [0.25, 0.3) is 0 Å². The molecule has 0 amide bonds. The molecule has 0 saturated carbocycles. The second kappa shape index (κ2) is 27.2. The van der Waals surface area contributed by atoms with Crippen LogP contribution in [0, 0.1) is 11.8 Å². The Morgan fingerprint density at radius 3 is 1.39 bits per heavy atom. The van der Waals surface area contributed by atoms with Crippen molar-refractivity contribution >= 4 is 5.97 Å². The van der Waals surface area contributed by atoms with Gasteiger partial charge in [0.25, 0.3) is 0 Å². The summed E-state index contributed by atoms with van der Waals surface area (Å²) in [5.41, 5.74) is 0. The van der Waals surface area contributed by atoms with Gasteiger partial charge in [-0.2, -0.15) is 0 Å². The van der Waals surface area contributed by atoms with E-state index in [4.69, 9.17) is 0 Å². The summed E-state index contributed by atoms with van der Waals surface area (Å²) in [6.45, 7) is 5.41. The average molecular weight is 508 g/mol. The van der Waals surface area contributed by atoms with Gasteiger partial charge in [-0.15, -0.1) is 0 Å². The molecule has 0 rings (SSSR count). The van der Waals surface area contributed by atoms with Crippen LogP contribution in [0.2, 0.25) is 0 Å². The Labute approximate surface area is 226 Å². The first-order valence-corrected chi connectivity index (χ1v) is 16.0. The summed E-state index contributed by atoms with van der Waals surface area (Å²) < 4.78 is 0. The maximum absolute atomic E-state index is 12.1. The number of carboxylic acids is 1. The lowest BCUT2D eigenvalue weighted by Crippen LogP contribution is -2.28. The van der Waals surface area contributed by atoms with E-state index < -0.39 is 5.97 Å². The van der Waals surface area contributed by atoms with Gasteiger partial charge >= 0.3 is 5.97 Å². The number of hydrogen-bond acceptors (Lipinski definition) is 2. The molecule has 3 nitrogen and oxygen atoms in total. The Hall–Kier alpha value is -0.830. The third kappa shape index (κ3) is 23.6. The van der Waals surface area contributed by atoms with E-state index in [9.17, 15) is 9.90 Å². The lowest BCUT2D eigenvalue weighted by Gasteiger charge is -2.25. The van der Waals surface area contributed by atoms with Crippen molar-refractivity contribution in [3.63, 3.8) is 0 Å². The Kier molecular flexibility index (Phi) is 26.6. The van der Waals surface area contributed by atoms with Crippen LogP contribution in [-0.4, -0.2) is 36.6 Å². The van der Waals surface area contributed by atoms with Crippen molar-refractivity contribution in [3.05, 3.63) is 12.2 Å². The van der Waals surface area contributed by atoms with Gasteiger partial charge < -0.3 is 10.0 Å². The molecular formula is C33H65NO2. The van der Waals surface area contributed by atoms with E-state index in [2.05, 4.69) is 30.9 Å². The molecule has 0 bridgehead atoms. The summed E-state index contributed by atoms with van der Waals surface area (Å²) in [4.78, 5) is 14.2. The van der Waals surface area contributed by atoms with E-state index in [0.717, 1.165) is 25.8 Å². The van der Waals surface area contributed by atoms with Crippen LogP contribution in [0.5, 0.6) is 0 Å². The fourth-order valence-corrected chi connectivity index (χ4v) is 5.35. The highest BCUT2D eigenvalue weighted by molar-refractivity contribution is 5.70. The number of carbonyl (C=O) groups is 1. The maximum Gasteiger partial charge on any atom is 0.306 e. The molecule has 1 N–H and O–H groups in total. The fraction of sp³-hybridized carbons (Fsp3) is 0.909. The SMILES string of the molecule is CCCCCCCC/C=C\CCCCCCCC(CCCCCCCCC)C(CCN(C)C)C(=O)O. The first-order chi connectivity index (χ1) is 17.5. The van der Waals surface area contributed by atoms with Crippen molar-refractivity contribution in [2.24, 2.45) is 11.8 Å². The zero-order valence-corrected chi connectivity index (χ0v) is 25.1. The van der Waals surface area contributed by atoms with Crippen LogP contribution >= 0.6 is 0 Å². The maximum atomic E-state index is 12.1. The minimum Gasteiger partial charge on any atom is -0.481 e. The van der Waals surface area contributed by atoms with Crippen LogP contribution in [0.3, 0.4) is 0 Å². The molecule has 0 radical (unpaired) electrons. The monoisotopic (exact) mass is 508 g/mol. The molecule has 0 aromatic rings. The Balaban J connectivity index is 4.12. The van der Waals surface area contributed by atoms with E-state index in [-0.39, 0.29) is 5.92 Å². The number of rotatable bonds is 28. The molecule has 0 aromatic carbocycles. The first-order valence-electron chi connectivity index (χ1n) is 16.0. The van der Waals surface area contributed by atoms with Gasteiger partial charge in [0.05, 0.1) is 5.92 Å². The third-order valence-electron chi connectivity index (χ3n) is 7.79. The van der Waals surface area contributed by atoms with E-state index >= 15 is 0 Å². The summed E-state index contributed by atoms with van der Waals surface area (Å²) in [5, 5.41) is 9.96. The first kappa shape index (κ1) is 35.2. The van der Waals surface area contributed by atoms with Gasteiger partial charge in [-0.25, -0.2) is 0 Å². The molecule has 0 aliphatic carbocycles. The molecule has 0 heterocycles. The van der Waals surface area contributed by atoms with Crippen LogP contribution in [0.1, 0.15) is 162 Å². The zero-order valence-electron chi connectivity index (χ0n) is 25.1. The van der Waals surface area contributed by atoms with Crippen LogP contribution in [0.15, 0.2) is 12.2 Å². The van der Waals surface area contributed by atoms with E-state index in [1.165, 1.54) is 128 Å². The highest BCUT2D eigenvalue weighted by Crippen LogP contribution is 2.29. The fourth-order valence-electron chi connectivity index (χ4n) is 5.35. The molecule has 2 unspecified atom stereocenters. The summed E-state index contributed by atoms with van der Waals surface area (Å²) in [6, 6.07) is 0. The molecule has 0 aromatic heterocycles. The van der Waals surface area contributed by atoms with Gasteiger partial charge in [0.2, 0.25) is 0 Å². The molecule has 3 heteroatoms. The van der Waals surface area contributed by atoms with Crippen molar-refractivity contribution in [1.82, 2.24) is 4.90 Å². The molecule has 2 atom stereocenters. The summed E-state index contributed by atoms with van der Waals surface area (Å²) >= 11 is 0. The highest BCUT2D eigenvalue weighted by Gasteiger charge is 2.27. The number of allylic oxidation sites excluding steroid dienone is 2. The molecular weight excluding hydrogens is 442 g/mol. The number of unbranched alkanes of at least 4 members (excludes halogenated alkanes) is 17. The number of carboxylic acid groups (broad SMARTS) is 1. The largest absolute Gasteiger partial charge is 0.481 e. The Bertz CT molecular complexity index is 488. The van der Waals surface area contributed by atoms with Gasteiger partial charge in [0, 0.05) is 0 Å². The van der Waals surface area contributed by atoms with E-state index in [1.54, 1.807) is 0 Å². The van der Waals surface area contributed by atoms with Gasteiger partial charge in [-0.3, -0.25) is 4.79 Å². The van der Waals surface area contributed by atoms with Crippen LogP contribution in [-0.2, 0) is 4.79 Å². The Morgan fingerprint density at radius 2 is 1.00 bits per heavy atom. The molecule has 36 heavy (non-hydrogen) atoms. The molecule has 214 valence electrons. The number of nitrogens with zero attached hydrogens (tertiary/aromatic N) is 1. The second-order valence-electron chi connectivity index (χ2n) is 11.6. The minimum atomic E-state index is -0.572. The number of hydrogen-bond donors (Lipinski definition) is 1. The van der Waals surface area contributed by atoms with Crippen LogP contribution in [0.4, 0.5) is 0 Å². The lowest BCUT2D eigenvalue weighted by molar-refractivity contribution is -0.144. The van der Waals surface area contributed by atoms with Crippen molar-refractivity contribution in [2.75, 3.05) is 20.6 Å². The smallest absolute Gasteiger partial charge is 0.306 e. The summed E-state index contributed by atoms with van der Waals surface area (Å²) in [7, 11) is 4.10. The molecule has 0 aliphatic rings. The summed E-state index contributed by atoms with van der Waals surface area (Å²) in [5.74, 6) is -0.398. The van der Waals surface area contributed by atoms with Crippen LogP contribution < -0.4 is 0 Å². The molecule has 0 saturated heterocycles. The van der Waals surface area contributed by atoms with Gasteiger partial charge in [0.1, 0.15) is 0 Å². The Morgan fingerprint density at radius 1 is 0.611 bits per heavy atom. The summed E-state index contributed by atoms with van der Waals surface area (Å²) in [6.07, 6.45) is 34.0. The standard InChI is InChI=1S/C33H65NO2/c1-5-7-9-11-13-14-15-16-17-18-19-20-22-24-26-28-31(27-25-23-21-12-10-8-6-2)32(33(35)36)29-30-34(3)4/h16-17,31-32H,5-15,18-30H2,1-4H3,(H,35,36)/b17-16-. The minimum absolute atomic E-state index is 0.177. The van der Waals surface area contributed by atoms with E-state index in [0.29, 0.717) is 5.92 Å². The van der Waals surface area contributed by atoms with Crippen molar-refractivity contribution in [1.29, 1.82) is 0 Å². The second-order valence-corrected chi connectivity index (χ2v) is 11.6. The van der Waals surface area contributed by atoms with Crippen molar-refractivity contribution in [2.45, 2.75) is 162 Å². The zero-order chi connectivity index (χ0) is 26.7. The third-order valence-corrected chi connectivity index (χ3v) is 7.79. The van der Waals surface area contributed by atoms with Gasteiger partial charge in [0.15, 0.2) is 0 Å². The topological polar surface area (TPSA) is 40.5 Å². The van der Waals surface area contributed by atoms with Gasteiger partial charge in [-0.05, 0) is 71.5 Å². The lowest BCUT2D eigenvalue weighted by atomic mass is 9.81. The average Bonchev–Trinajstić information content (AvgIpc) is 2.85. The normalized spacial score (nSPS) is 13.6. The van der Waals surface area contributed by atoms with E-state index in [1.807, 2.05) is 14.1 Å². The predicted octanol–water partition coefficient (Wildman–Crippen LogP) is 10.4. The molecule has 0 aliphatic heterocycles. The quantitative estimate of drug-likeness (QED) is 0.0845. The molecule has 0 fully saturated rings. The van der Waals surface area contributed by atoms with Crippen molar-refractivity contribution < 1.29 is 9.90 Å². The van der Waals surface area contributed by atoms with Crippen molar-refractivity contribution in [3.8, 4) is 0 Å².